The van der Waals surface area contributed by atoms with Crippen LogP contribution in [0.15, 0.2) is 45.1 Å². The van der Waals surface area contributed by atoms with Crippen molar-refractivity contribution in [2.75, 3.05) is 0 Å². The van der Waals surface area contributed by atoms with Gasteiger partial charge in [-0.25, -0.2) is 9.97 Å². The van der Waals surface area contributed by atoms with Crippen LogP contribution in [0.3, 0.4) is 0 Å². The molecule has 0 N–H and O–H groups in total. The van der Waals surface area contributed by atoms with E-state index in [0.29, 0.717) is 5.15 Å². The summed E-state index contributed by atoms with van der Waals surface area (Å²) in [5.41, 5.74) is 0. The summed E-state index contributed by atoms with van der Waals surface area (Å²) in [6, 6.07) is 10.1. The lowest BCUT2D eigenvalue weighted by Crippen LogP contribution is -1.92. The summed E-state index contributed by atoms with van der Waals surface area (Å²) >= 11 is 12.9. The Balaban J connectivity index is 1.79. The molecule has 96 valence electrons. The molecule has 2 heterocycles. The lowest BCUT2D eigenvalue weighted by Gasteiger charge is -2.02. The van der Waals surface area contributed by atoms with Gasteiger partial charge < -0.3 is 0 Å². The van der Waals surface area contributed by atoms with E-state index in [2.05, 4.69) is 38.0 Å². The number of hydrogen-bond acceptors (Lipinski definition) is 4. The number of fused-ring (bicyclic) bond motifs is 1. The van der Waals surface area contributed by atoms with Crippen molar-refractivity contribution < 1.29 is 0 Å². The Hall–Kier alpha value is -0.620. The number of aromatic nitrogens is 2. The molecule has 3 rings (SSSR count). The molecule has 0 radical (unpaired) electrons. The van der Waals surface area contributed by atoms with Gasteiger partial charge in [0.05, 0.1) is 5.75 Å². The highest BCUT2D eigenvalue weighted by atomic mass is 79.9. The van der Waals surface area contributed by atoms with E-state index in [0.717, 1.165) is 26.3 Å². The second-order valence-corrected chi connectivity index (χ2v) is 7.03. The van der Waals surface area contributed by atoms with Crippen LogP contribution in [0.4, 0.5) is 0 Å². The normalized spacial score (nSPS) is 11.1. The fraction of sp³-hybridized carbons (Fsp3) is 0.0769. The maximum absolute atomic E-state index is 6.15. The third kappa shape index (κ3) is 3.11. The molecule has 2 aromatic heterocycles. The number of halogens is 2. The van der Waals surface area contributed by atoms with Crippen molar-refractivity contribution >= 4 is 60.8 Å². The quantitative estimate of drug-likeness (QED) is 0.455. The highest BCUT2D eigenvalue weighted by molar-refractivity contribution is 9.10. The molecule has 0 unspecified atom stereocenters. The van der Waals surface area contributed by atoms with Gasteiger partial charge in [-0.1, -0.05) is 27.5 Å². The van der Waals surface area contributed by atoms with E-state index in [4.69, 9.17) is 11.6 Å². The SMILES string of the molecule is Clc1nc(CSc2ccc(Br)cc2)nc2sccc12. The topological polar surface area (TPSA) is 25.8 Å². The van der Waals surface area contributed by atoms with Crippen molar-refractivity contribution in [2.24, 2.45) is 0 Å². The van der Waals surface area contributed by atoms with Crippen molar-refractivity contribution in [1.82, 2.24) is 9.97 Å². The fourth-order valence-corrected chi connectivity index (χ4v) is 3.71. The Labute approximate surface area is 132 Å². The summed E-state index contributed by atoms with van der Waals surface area (Å²) in [5.74, 6) is 1.49. The van der Waals surface area contributed by atoms with E-state index in [1.54, 1.807) is 23.1 Å². The van der Waals surface area contributed by atoms with Gasteiger partial charge in [0, 0.05) is 14.8 Å². The molecule has 0 amide bonds. The predicted octanol–water partition coefficient (Wildman–Crippen LogP) is 5.40. The Bertz CT molecular complexity index is 712. The monoisotopic (exact) mass is 370 g/mol. The van der Waals surface area contributed by atoms with Crippen LogP contribution in [0.25, 0.3) is 10.2 Å². The molecule has 0 aliphatic rings. The van der Waals surface area contributed by atoms with Gasteiger partial charge in [-0.05, 0) is 35.7 Å². The van der Waals surface area contributed by atoms with Gasteiger partial charge in [0.25, 0.3) is 0 Å². The van der Waals surface area contributed by atoms with Crippen LogP contribution in [0, 0.1) is 0 Å². The molecular weight excluding hydrogens is 364 g/mol. The van der Waals surface area contributed by atoms with Gasteiger partial charge in [0.2, 0.25) is 0 Å². The van der Waals surface area contributed by atoms with Crippen LogP contribution < -0.4 is 0 Å². The molecule has 0 saturated heterocycles. The molecule has 0 saturated carbocycles. The number of thioether (sulfide) groups is 1. The molecule has 19 heavy (non-hydrogen) atoms. The summed E-state index contributed by atoms with van der Waals surface area (Å²) in [6.07, 6.45) is 0. The largest absolute Gasteiger partial charge is 0.221 e. The third-order valence-electron chi connectivity index (χ3n) is 2.51. The molecule has 0 atom stereocenters. The second kappa shape index (κ2) is 5.79. The Kier molecular flexibility index (Phi) is 4.07. The maximum Gasteiger partial charge on any atom is 0.142 e. The van der Waals surface area contributed by atoms with Crippen LogP contribution in [-0.4, -0.2) is 9.97 Å². The highest BCUT2D eigenvalue weighted by Gasteiger charge is 2.07. The molecular formula is C13H8BrClN2S2. The summed E-state index contributed by atoms with van der Waals surface area (Å²) in [5, 5.41) is 3.46. The Morgan fingerprint density at radius 1 is 1.16 bits per heavy atom. The molecule has 0 bridgehead atoms. The zero-order valence-electron chi connectivity index (χ0n) is 9.64. The average Bonchev–Trinajstić information content (AvgIpc) is 2.87. The van der Waals surface area contributed by atoms with Gasteiger partial charge in [0.15, 0.2) is 0 Å². The number of nitrogens with zero attached hydrogens (tertiary/aromatic N) is 2. The van der Waals surface area contributed by atoms with Crippen LogP contribution in [0.2, 0.25) is 5.15 Å². The first-order chi connectivity index (χ1) is 9.22. The van der Waals surface area contributed by atoms with E-state index in [-0.39, 0.29) is 0 Å². The molecule has 2 nitrogen and oxygen atoms in total. The minimum absolute atomic E-state index is 0.539. The first-order valence-corrected chi connectivity index (χ1v) is 8.54. The van der Waals surface area contributed by atoms with Gasteiger partial charge in [-0.15, -0.1) is 23.1 Å². The van der Waals surface area contributed by atoms with Gasteiger partial charge in [-0.2, -0.15) is 0 Å². The summed E-state index contributed by atoms with van der Waals surface area (Å²) in [4.78, 5) is 11.0. The van der Waals surface area contributed by atoms with E-state index >= 15 is 0 Å². The predicted molar refractivity (Wildman–Crippen MR) is 86.1 cm³/mol. The summed E-state index contributed by atoms with van der Waals surface area (Å²) in [7, 11) is 0. The number of hydrogen-bond donors (Lipinski definition) is 0. The first kappa shape index (κ1) is 13.4. The van der Waals surface area contributed by atoms with Crippen LogP contribution in [-0.2, 0) is 5.75 Å². The number of rotatable bonds is 3. The van der Waals surface area contributed by atoms with Crippen molar-refractivity contribution in [3.8, 4) is 0 Å². The molecule has 1 aromatic carbocycles. The number of thiophene rings is 1. The maximum atomic E-state index is 6.15. The van der Waals surface area contributed by atoms with E-state index in [1.165, 1.54) is 4.90 Å². The first-order valence-electron chi connectivity index (χ1n) is 5.50. The minimum Gasteiger partial charge on any atom is -0.221 e. The van der Waals surface area contributed by atoms with Crippen molar-refractivity contribution in [3.63, 3.8) is 0 Å². The smallest absolute Gasteiger partial charge is 0.142 e. The molecule has 0 fully saturated rings. The molecule has 0 aliphatic carbocycles. The molecule has 0 spiro atoms. The summed E-state index contributed by atoms with van der Waals surface area (Å²) < 4.78 is 1.08. The van der Waals surface area contributed by atoms with Gasteiger partial charge in [0.1, 0.15) is 15.8 Å². The van der Waals surface area contributed by atoms with Crippen molar-refractivity contribution in [2.45, 2.75) is 10.6 Å². The van der Waals surface area contributed by atoms with E-state index < -0.39 is 0 Å². The Morgan fingerprint density at radius 2 is 1.95 bits per heavy atom. The highest BCUT2D eigenvalue weighted by Crippen LogP contribution is 2.28. The zero-order valence-corrected chi connectivity index (χ0v) is 13.6. The molecule has 6 heteroatoms. The van der Waals surface area contributed by atoms with Crippen molar-refractivity contribution in [3.05, 3.63) is 51.2 Å². The standard InChI is InChI=1S/C13H8BrClN2S2/c14-8-1-3-9(4-2-8)19-7-11-16-12(15)10-5-6-18-13(10)17-11/h1-6H,7H2. The summed E-state index contributed by atoms with van der Waals surface area (Å²) in [6.45, 7) is 0. The lowest BCUT2D eigenvalue weighted by atomic mass is 10.4. The van der Waals surface area contributed by atoms with Gasteiger partial charge in [-0.3, -0.25) is 0 Å². The fourth-order valence-electron chi connectivity index (χ4n) is 1.60. The number of benzene rings is 1. The zero-order chi connectivity index (χ0) is 13.2. The second-order valence-electron chi connectivity index (χ2n) is 3.81. The van der Waals surface area contributed by atoms with Crippen LogP contribution in [0.1, 0.15) is 5.82 Å². The lowest BCUT2D eigenvalue weighted by molar-refractivity contribution is 1.08. The molecule has 3 aromatic rings. The average molecular weight is 372 g/mol. The van der Waals surface area contributed by atoms with E-state index in [1.807, 2.05) is 23.6 Å². The molecule has 0 aliphatic heterocycles. The van der Waals surface area contributed by atoms with Gasteiger partial charge >= 0.3 is 0 Å². The van der Waals surface area contributed by atoms with Crippen LogP contribution in [0.5, 0.6) is 0 Å². The van der Waals surface area contributed by atoms with E-state index in [9.17, 15) is 0 Å². The van der Waals surface area contributed by atoms with Crippen LogP contribution >= 0.6 is 50.6 Å². The van der Waals surface area contributed by atoms with Crippen molar-refractivity contribution in [1.29, 1.82) is 0 Å². The minimum atomic E-state index is 0.539. The Morgan fingerprint density at radius 3 is 2.74 bits per heavy atom. The third-order valence-corrected chi connectivity index (χ3v) is 5.14.